The van der Waals surface area contributed by atoms with Crippen LogP contribution in [0.2, 0.25) is 0 Å². The Balaban J connectivity index is 1.79. The third-order valence-corrected chi connectivity index (χ3v) is 5.64. The number of methoxy groups -OCH3 is 1. The third-order valence-electron chi connectivity index (χ3n) is 4.28. The van der Waals surface area contributed by atoms with E-state index in [1.165, 1.54) is 13.2 Å². The zero-order chi connectivity index (χ0) is 22.4. The van der Waals surface area contributed by atoms with Crippen LogP contribution in [0.4, 0.5) is 5.69 Å². The van der Waals surface area contributed by atoms with Crippen LogP contribution in [0.25, 0.3) is 0 Å². The Morgan fingerprint density at radius 1 is 0.968 bits per heavy atom. The number of phenolic OH excluding ortho intramolecular Hbond substituents is 1. The minimum atomic E-state index is -4.11. The van der Waals surface area contributed by atoms with Gasteiger partial charge in [-0.2, -0.15) is 0 Å². The van der Waals surface area contributed by atoms with E-state index < -0.39 is 34.1 Å². The van der Waals surface area contributed by atoms with Gasteiger partial charge in [0.1, 0.15) is 17.1 Å². The van der Waals surface area contributed by atoms with Crippen LogP contribution in [0, 0.1) is 0 Å². The number of aromatic hydroxyl groups is 1. The largest absolute Gasteiger partial charge is 0.507 e. The highest BCUT2D eigenvalue weighted by molar-refractivity contribution is 7.92. The predicted molar refractivity (Wildman–Crippen MR) is 113 cm³/mol. The molecule has 3 aromatic rings. The van der Waals surface area contributed by atoms with Crippen molar-refractivity contribution in [2.24, 2.45) is 0 Å². The summed E-state index contributed by atoms with van der Waals surface area (Å²) in [6.07, 6.45) is 0. The maximum atomic E-state index is 12.8. The van der Waals surface area contributed by atoms with Crippen molar-refractivity contribution in [3.05, 3.63) is 83.9 Å². The molecule has 0 amide bonds. The van der Waals surface area contributed by atoms with Gasteiger partial charge in [0, 0.05) is 5.56 Å². The van der Waals surface area contributed by atoms with Crippen molar-refractivity contribution in [1.82, 2.24) is 0 Å². The van der Waals surface area contributed by atoms with Crippen molar-refractivity contribution in [1.29, 1.82) is 0 Å². The maximum Gasteiger partial charge on any atom is 0.342 e. The summed E-state index contributed by atoms with van der Waals surface area (Å²) in [5.74, 6) is -1.64. The molecule has 3 aromatic carbocycles. The fraction of sp³-hybridized carbons (Fsp3) is 0.0909. The summed E-state index contributed by atoms with van der Waals surface area (Å²) in [5.41, 5.74) is 0.177. The van der Waals surface area contributed by atoms with Gasteiger partial charge in [0.2, 0.25) is 0 Å². The first kappa shape index (κ1) is 21.8. The monoisotopic (exact) mass is 441 g/mol. The quantitative estimate of drug-likeness (QED) is 0.407. The molecule has 0 radical (unpaired) electrons. The van der Waals surface area contributed by atoms with Gasteiger partial charge in [-0.1, -0.05) is 42.5 Å². The van der Waals surface area contributed by atoms with E-state index in [4.69, 9.17) is 9.47 Å². The Morgan fingerprint density at radius 2 is 1.65 bits per heavy atom. The SMILES string of the molecule is COc1ccccc1NS(=O)(=O)c1ccc(O)c(C(=O)OCC(=O)c2ccccc2)c1. The number of anilines is 1. The molecule has 0 aromatic heterocycles. The number of ether oxygens (including phenoxy) is 2. The van der Waals surface area contributed by atoms with E-state index in [9.17, 15) is 23.1 Å². The molecular formula is C22H19NO7S. The van der Waals surface area contributed by atoms with Crippen LogP contribution in [0.3, 0.4) is 0 Å². The lowest BCUT2D eigenvalue weighted by atomic mass is 10.1. The number of carbonyl (C=O) groups is 2. The van der Waals surface area contributed by atoms with E-state index in [0.29, 0.717) is 11.3 Å². The number of phenols is 1. The van der Waals surface area contributed by atoms with Gasteiger partial charge in [-0.25, -0.2) is 13.2 Å². The number of benzene rings is 3. The smallest absolute Gasteiger partial charge is 0.342 e. The number of sulfonamides is 1. The van der Waals surface area contributed by atoms with Crippen LogP contribution in [0.15, 0.2) is 77.7 Å². The van der Waals surface area contributed by atoms with E-state index in [-0.39, 0.29) is 16.1 Å². The van der Waals surface area contributed by atoms with E-state index in [0.717, 1.165) is 18.2 Å². The molecule has 9 heteroatoms. The lowest BCUT2D eigenvalue weighted by Crippen LogP contribution is -2.16. The van der Waals surface area contributed by atoms with Crippen molar-refractivity contribution in [3.63, 3.8) is 0 Å². The van der Waals surface area contributed by atoms with Gasteiger partial charge < -0.3 is 14.6 Å². The van der Waals surface area contributed by atoms with Gasteiger partial charge in [0.05, 0.1) is 17.7 Å². The molecule has 0 saturated heterocycles. The molecule has 31 heavy (non-hydrogen) atoms. The fourth-order valence-electron chi connectivity index (χ4n) is 2.69. The molecule has 0 fully saturated rings. The molecule has 0 saturated carbocycles. The van der Waals surface area contributed by atoms with Gasteiger partial charge >= 0.3 is 5.97 Å². The Hall–Kier alpha value is -3.85. The average molecular weight is 441 g/mol. The minimum Gasteiger partial charge on any atom is -0.507 e. The number of hydrogen-bond donors (Lipinski definition) is 2. The second-order valence-electron chi connectivity index (χ2n) is 6.35. The van der Waals surface area contributed by atoms with Crippen molar-refractivity contribution in [3.8, 4) is 11.5 Å². The lowest BCUT2D eigenvalue weighted by molar-refractivity contribution is 0.0471. The highest BCUT2D eigenvalue weighted by Crippen LogP contribution is 2.28. The summed E-state index contributed by atoms with van der Waals surface area (Å²) in [5, 5.41) is 10.0. The summed E-state index contributed by atoms with van der Waals surface area (Å²) in [7, 11) is -2.71. The van der Waals surface area contributed by atoms with E-state index >= 15 is 0 Å². The number of esters is 1. The van der Waals surface area contributed by atoms with Gasteiger partial charge in [-0.05, 0) is 30.3 Å². The molecule has 0 atom stereocenters. The van der Waals surface area contributed by atoms with E-state index in [2.05, 4.69) is 4.72 Å². The molecule has 0 bridgehead atoms. The van der Waals surface area contributed by atoms with Crippen LogP contribution in [0.5, 0.6) is 11.5 Å². The number of hydrogen-bond acceptors (Lipinski definition) is 7. The first-order valence-electron chi connectivity index (χ1n) is 9.06. The molecule has 3 rings (SSSR count). The number of ketones is 1. The van der Waals surface area contributed by atoms with Crippen molar-refractivity contribution in [2.45, 2.75) is 4.90 Å². The molecule has 0 aliphatic carbocycles. The summed E-state index contributed by atoms with van der Waals surface area (Å²) in [4.78, 5) is 24.2. The number of rotatable bonds is 8. The van der Waals surface area contributed by atoms with Gasteiger partial charge in [0.15, 0.2) is 12.4 Å². The highest BCUT2D eigenvalue weighted by Gasteiger charge is 2.22. The fourth-order valence-corrected chi connectivity index (χ4v) is 3.79. The summed E-state index contributed by atoms with van der Waals surface area (Å²) >= 11 is 0. The summed E-state index contributed by atoms with van der Waals surface area (Å²) < 4.78 is 38.0. The second-order valence-corrected chi connectivity index (χ2v) is 8.03. The summed E-state index contributed by atoms with van der Waals surface area (Å²) in [6, 6.07) is 17.8. The van der Waals surface area contributed by atoms with Crippen molar-refractivity contribution < 1.29 is 32.6 Å². The number of Topliss-reactive ketones (excluding diaryl/α,β-unsaturated/α-hetero) is 1. The van der Waals surface area contributed by atoms with Gasteiger partial charge in [0.25, 0.3) is 10.0 Å². The van der Waals surface area contributed by atoms with Crippen LogP contribution in [0.1, 0.15) is 20.7 Å². The Morgan fingerprint density at radius 3 is 2.35 bits per heavy atom. The van der Waals surface area contributed by atoms with E-state index in [1.807, 2.05) is 0 Å². The zero-order valence-electron chi connectivity index (χ0n) is 16.4. The normalized spacial score (nSPS) is 10.9. The predicted octanol–water partition coefficient (Wildman–Crippen LogP) is 3.24. The maximum absolute atomic E-state index is 12.8. The standard InChI is InChI=1S/C22H19NO7S/c1-29-21-10-6-5-9-18(21)23-31(27,28)16-11-12-19(24)17(13-16)22(26)30-14-20(25)15-7-3-2-4-8-15/h2-13,23-24H,14H2,1H3. The van der Waals surface area contributed by atoms with Gasteiger partial charge in [-0.3, -0.25) is 9.52 Å². The Bertz CT molecular complexity index is 1210. The number of nitrogens with one attached hydrogen (secondary N) is 1. The molecule has 0 aliphatic rings. The Labute approximate surface area is 179 Å². The summed E-state index contributed by atoms with van der Waals surface area (Å²) in [6.45, 7) is -0.557. The van der Waals surface area contributed by atoms with Crippen LogP contribution in [-0.4, -0.2) is 39.0 Å². The van der Waals surface area contributed by atoms with Crippen molar-refractivity contribution in [2.75, 3.05) is 18.4 Å². The van der Waals surface area contributed by atoms with Crippen LogP contribution >= 0.6 is 0 Å². The van der Waals surface area contributed by atoms with Crippen LogP contribution < -0.4 is 9.46 Å². The molecule has 0 unspecified atom stereocenters. The molecule has 0 aliphatic heterocycles. The van der Waals surface area contributed by atoms with Crippen molar-refractivity contribution >= 4 is 27.5 Å². The number of para-hydroxylation sites is 2. The van der Waals surface area contributed by atoms with Gasteiger partial charge in [-0.15, -0.1) is 0 Å². The molecular weight excluding hydrogens is 422 g/mol. The topological polar surface area (TPSA) is 119 Å². The molecule has 160 valence electrons. The first-order chi connectivity index (χ1) is 14.8. The van der Waals surface area contributed by atoms with E-state index in [1.54, 1.807) is 48.5 Å². The molecule has 8 nitrogen and oxygen atoms in total. The molecule has 2 N–H and O–H groups in total. The first-order valence-corrected chi connectivity index (χ1v) is 10.5. The number of carbonyl (C=O) groups excluding carboxylic acids is 2. The minimum absolute atomic E-state index is 0.204. The second kappa shape index (κ2) is 9.31. The molecule has 0 heterocycles. The Kier molecular flexibility index (Phi) is 6.56. The third kappa shape index (κ3) is 5.20. The lowest BCUT2D eigenvalue weighted by Gasteiger charge is -2.13. The highest BCUT2D eigenvalue weighted by atomic mass is 32.2. The average Bonchev–Trinajstić information content (AvgIpc) is 2.78. The zero-order valence-corrected chi connectivity index (χ0v) is 17.3. The molecule has 0 spiro atoms. The van der Waals surface area contributed by atoms with Crippen LogP contribution in [-0.2, 0) is 14.8 Å².